The maximum Gasteiger partial charge on any atom is 0.191 e. The van der Waals surface area contributed by atoms with E-state index in [4.69, 9.17) is 4.43 Å². The molecule has 0 N–H and O–H groups in total. The fraction of sp³-hybridized carbons (Fsp3) is 0.556. The van der Waals surface area contributed by atoms with Crippen LogP contribution in [0, 0.1) is 5.82 Å². The van der Waals surface area contributed by atoms with E-state index in [9.17, 15) is 4.39 Å². The van der Waals surface area contributed by atoms with Crippen LogP contribution in [0.5, 0.6) is 0 Å². The summed E-state index contributed by atoms with van der Waals surface area (Å²) in [4.78, 5) is 0. The molecule has 2 nitrogen and oxygen atoms in total. The number of aryl methyl sites for hydroxylation is 2. The van der Waals surface area contributed by atoms with Crippen LogP contribution in [0.2, 0.25) is 18.1 Å². The Bertz CT molecular complexity index is 655. The molecule has 22 heavy (non-hydrogen) atoms. The van der Waals surface area contributed by atoms with Crippen molar-refractivity contribution in [1.29, 1.82) is 0 Å². The van der Waals surface area contributed by atoms with Crippen LogP contribution in [-0.4, -0.2) is 19.5 Å². The summed E-state index contributed by atoms with van der Waals surface area (Å²) in [6.07, 6.45) is 4.01. The maximum atomic E-state index is 13.5. The Balaban J connectivity index is 2.00. The van der Waals surface area contributed by atoms with E-state index in [1.165, 1.54) is 11.6 Å². The highest BCUT2D eigenvalue weighted by Crippen LogP contribution is 2.36. The predicted octanol–water partition coefficient (Wildman–Crippen LogP) is 5.27. The quantitative estimate of drug-likeness (QED) is 0.540. The first-order chi connectivity index (χ1) is 10.1. The molecule has 0 aliphatic heterocycles. The van der Waals surface area contributed by atoms with Gasteiger partial charge >= 0.3 is 0 Å². The van der Waals surface area contributed by atoms with Crippen molar-refractivity contribution in [1.82, 2.24) is 4.57 Å². The highest BCUT2D eigenvalue weighted by atomic mass is 28.4. The van der Waals surface area contributed by atoms with Gasteiger partial charge in [-0.15, -0.1) is 0 Å². The summed E-state index contributed by atoms with van der Waals surface area (Å²) < 4.78 is 21.8. The summed E-state index contributed by atoms with van der Waals surface area (Å²) in [6.45, 7) is 12.1. The van der Waals surface area contributed by atoms with Crippen molar-refractivity contribution in [2.75, 3.05) is 6.61 Å². The molecule has 0 saturated carbocycles. The first kappa shape index (κ1) is 17.2. The largest absolute Gasteiger partial charge is 0.417 e. The molecule has 0 aliphatic rings. The number of aromatic nitrogens is 1. The number of hydrogen-bond donors (Lipinski definition) is 0. The lowest BCUT2D eigenvalue weighted by Gasteiger charge is -2.36. The zero-order valence-electron chi connectivity index (χ0n) is 14.7. The van der Waals surface area contributed by atoms with Gasteiger partial charge in [0.05, 0.1) is 0 Å². The molecular weight excluding hydrogens is 293 g/mol. The van der Waals surface area contributed by atoms with Gasteiger partial charge < -0.3 is 8.99 Å². The molecule has 0 spiro atoms. The van der Waals surface area contributed by atoms with Gasteiger partial charge in [-0.3, -0.25) is 0 Å². The average molecular weight is 322 g/mol. The molecule has 1 aromatic heterocycles. The van der Waals surface area contributed by atoms with Crippen molar-refractivity contribution < 1.29 is 8.82 Å². The standard InChI is InChI=1S/C18H28FNOSi/c1-18(2,3)22(5,6)21-11-7-8-14-13-20(4)17-10-9-15(19)12-16(14)17/h9-10,12-13H,7-8,11H2,1-6H3. The van der Waals surface area contributed by atoms with E-state index >= 15 is 0 Å². The highest BCUT2D eigenvalue weighted by molar-refractivity contribution is 6.74. The molecule has 0 saturated heterocycles. The normalized spacial score (nSPS) is 13.0. The summed E-state index contributed by atoms with van der Waals surface area (Å²) in [7, 11) is 0.344. The highest BCUT2D eigenvalue weighted by Gasteiger charge is 2.36. The lowest BCUT2D eigenvalue weighted by atomic mass is 10.1. The minimum Gasteiger partial charge on any atom is -0.417 e. The minimum atomic E-state index is -1.67. The molecule has 2 rings (SSSR count). The van der Waals surface area contributed by atoms with Crippen molar-refractivity contribution in [2.45, 2.75) is 51.7 Å². The SMILES string of the molecule is Cn1cc(CCCO[Si](C)(C)C(C)(C)C)c2cc(F)ccc21. The summed E-state index contributed by atoms with van der Waals surface area (Å²) in [5, 5.41) is 1.27. The number of benzene rings is 1. The van der Waals surface area contributed by atoms with E-state index in [-0.39, 0.29) is 10.9 Å². The molecule has 4 heteroatoms. The molecule has 0 atom stereocenters. The van der Waals surface area contributed by atoms with E-state index < -0.39 is 8.32 Å². The summed E-state index contributed by atoms with van der Waals surface area (Å²) in [6, 6.07) is 5.01. The lowest BCUT2D eigenvalue weighted by molar-refractivity contribution is 0.282. The van der Waals surface area contributed by atoms with Gasteiger partial charge in [-0.1, -0.05) is 20.8 Å². The number of nitrogens with zero attached hydrogens (tertiary/aromatic N) is 1. The van der Waals surface area contributed by atoms with Crippen molar-refractivity contribution in [3.8, 4) is 0 Å². The number of rotatable bonds is 5. The Labute approximate surface area is 134 Å². The van der Waals surface area contributed by atoms with Crippen LogP contribution < -0.4 is 0 Å². The van der Waals surface area contributed by atoms with Crippen LogP contribution in [-0.2, 0) is 17.9 Å². The van der Waals surface area contributed by atoms with Gasteiger partial charge in [0.25, 0.3) is 0 Å². The van der Waals surface area contributed by atoms with Crippen molar-refractivity contribution in [3.05, 3.63) is 35.8 Å². The fourth-order valence-electron chi connectivity index (χ4n) is 2.45. The second-order valence-corrected chi connectivity index (χ2v) is 12.4. The summed E-state index contributed by atoms with van der Waals surface area (Å²) >= 11 is 0. The van der Waals surface area contributed by atoms with Crippen LogP contribution in [0.1, 0.15) is 32.8 Å². The lowest BCUT2D eigenvalue weighted by Crippen LogP contribution is -2.41. The van der Waals surface area contributed by atoms with Crippen molar-refractivity contribution in [3.63, 3.8) is 0 Å². The Morgan fingerprint density at radius 2 is 1.91 bits per heavy atom. The van der Waals surface area contributed by atoms with Crippen LogP contribution in [0.15, 0.2) is 24.4 Å². The molecule has 0 unspecified atom stereocenters. The van der Waals surface area contributed by atoms with E-state index in [2.05, 4.69) is 44.6 Å². The number of hydrogen-bond acceptors (Lipinski definition) is 1. The third kappa shape index (κ3) is 3.61. The summed E-state index contributed by atoms with van der Waals surface area (Å²) in [5.41, 5.74) is 2.29. The smallest absolute Gasteiger partial charge is 0.191 e. The van der Waals surface area contributed by atoms with E-state index in [0.717, 1.165) is 30.4 Å². The molecule has 0 aliphatic carbocycles. The van der Waals surface area contributed by atoms with Gasteiger partial charge in [0.1, 0.15) is 5.82 Å². The van der Waals surface area contributed by atoms with E-state index in [1.54, 1.807) is 6.07 Å². The van der Waals surface area contributed by atoms with Crippen LogP contribution in [0.25, 0.3) is 10.9 Å². The van der Waals surface area contributed by atoms with Crippen LogP contribution >= 0.6 is 0 Å². The Hall–Kier alpha value is -1.13. The Morgan fingerprint density at radius 1 is 1.23 bits per heavy atom. The van der Waals surface area contributed by atoms with Crippen molar-refractivity contribution >= 4 is 19.2 Å². The van der Waals surface area contributed by atoms with Crippen LogP contribution in [0.4, 0.5) is 4.39 Å². The number of fused-ring (bicyclic) bond motifs is 1. The molecular formula is C18H28FNOSi. The Kier molecular flexibility index (Phi) is 4.83. The molecule has 2 aromatic rings. The number of halogens is 1. The average Bonchev–Trinajstić information content (AvgIpc) is 2.70. The summed E-state index contributed by atoms with van der Waals surface area (Å²) in [5.74, 6) is -0.169. The first-order valence-electron chi connectivity index (χ1n) is 7.99. The predicted molar refractivity (Wildman–Crippen MR) is 94.3 cm³/mol. The van der Waals surface area contributed by atoms with Gasteiger partial charge in [0.2, 0.25) is 0 Å². The van der Waals surface area contributed by atoms with Gasteiger partial charge in [0, 0.05) is 30.8 Å². The van der Waals surface area contributed by atoms with E-state index in [1.807, 2.05) is 13.1 Å². The molecule has 1 aromatic carbocycles. The Morgan fingerprint density at radius 3 is 2.55 bits per heavy atom. The fourth-order valence-corrected chi connectivity index (χ4v) is 3.54. The van der Waals surface area contributed by atoms with Gasteiger partial charge in [-0.2, -0.15) is 0 Å². The van der Waals surface area contributed by atoms with Gasteiger partial charge in [-0.25, -0.2) is 4.39 Å². The zero-order valence-corrected chi connectivity index (χ0v) is 15.7. The maximum absolute atomic E-state index is 13.5. The van der Waals surface area contributed by atoms with Gasteiger partial charge in [0.15, 0.2) is 8.32 Å². The molecule has 122 valence electrons. The monoisotopic (exact) mass is 321 g/mol. The molecule has 0 bridgehead atoms. The molecule has 1 heterocycles. The van der Waals surface area contributed by atoms with Crippen molar-refractivity contribution in [2.24, 2.45) is 7.05 Å². The first-order valence-corrected chi connectivity index (χ1v) is 10.9. The molecule has 0 fully saturated rings. The molecule has 0 amide bonds. The topological polar surface area (TPSA) is 14.2 Å². The molecule has 0 radical (unpaired) electrons. The second kappa shape index (κ2) is 6.17. The zero-order chi connectivity index (χ0) is 16.5. The third-order valence-corrected chi connectivity index (χ3v) is 9.43. The minimum absolute atomic E-state index is 0.169. The van der Waals surface area contributed by atoms with Gasteiger partial charge in [-0.05, 0) is 54.7 Å². The second-order valence-electron chi connectivity index (χ2n) is 7.64. The van der Waals surface area contributed by atoms with E-state index in [0.29, 0.717) is 0 Å². The van der Waals surface area contributed by atoms with Crippen LogP contribution in [0.3, 0.4) is 0 Å². The third-order valence-electron chi connectivity index (χ3n) is 4.89.